The summed E-state index contributed by atoms with van der Waals surface area (Å²) in [4.78, 5) is 18.1. The molecule has 2 aliphatic rings. The van der Waals surface area contributed by atoms with Gasteiger partial charge >= 0.3 is 0 Å². The van der Waals surface area contributed by atoms with E-state index < -0.39 is 0 Å². The number of piperidine rings is 1. The van der Waals surface area contributed by atoms with Crippen molar-refractivity contribution in [2.45, 2.75) is 31.3 Å². The highest BCUT2D eigenvalue weighted by atomic mass is 32.1. The van der Waals surface area contributed by atoms with Gasteiger partial charge in [-0.15, -0.1) is 11.3 Å². The van der Waals surface area contributed by atoms with Crippen LogP contribution in [0.25, 0.3) is 0 Å². The quantitative estimate of drug-likeness (QED) is 0.898. The van der Waals surface area contributed by atoms with Gasteiger partial charge in [0.05, 0.1) is 5.54 Å². The topological polar surface area (TPSA) is 35.6 Å². The first-order valence-electron chi connectivity index (χ1n) is 7.40. The molecule has 0 aromatic carbocycles. The van der Waals surface area contributed by atoms with Crippen LogP contribution in [0, 0.1) is 0 Å². The number of nitrogens with zero attached hydrogens (tertiary/aromatic N) is 2. The van der Waals surface area contributed by atoms with E-state index in [0.717, 1.165) is 45.6 Å². The Morgan fingerprint density at radius 2 is 2.30 bits per heavy atom. The van der Waals surface area contributed by atoms with Gasteiger partial charge < -0.3 is 10.2 Å². The molecular formula is C15H23N3OS. The number of rotatable bonds is 2. The van der Waals surface area contributed by atoms with Gasteiger partial charge in [-0.1, -0.05) is 6.07 Å². The lowest BCUT2D eigenvalue weighted by molar-refractivity contribution is -0.125. The summed E-state index contributed by atoms with van der Waals surface area (Å²) in [5, 5.41) is 5.43. The zero-order valence-corrected chi connectivity index (χ0v) is 12.9. The molecule has 1 unspecified atom stereocenters. The van der Waals surface area contributed by atoms with Crippen molar-refractivity contribution in [3.63, 3.8) is 0 Å². The van der Waals surface area contributed by atoms with Crippen LogP contribution < -0.4 is 5.32 Å². The van der Waals surface area contributed by atoms with Crippen LogP contribution in [0.15, 0.2) is 17.5 Å². The minimum Gasteiger partial charge on any atom is -0.348 e. The highest BCUT2D eigenvalue weighted by Gasteiger charge is 2.39. The molecule has 20 heavy (non-hydrogen) atoms. The highest BCUT2D eigenvalue weighted by Crippen LogP contribution is 2.25. The molecule has 3 rings (SSSR count). The lowest BCUT2D eigenvalue weighted by Crippen LogP contribution is -2.60. The average molecular weight is 293 g/mol. The summed E-state index contributed by atoms with van der Waals surface area (Å²) in [6, 6.07) is 4.31. The van der Waals surface area contributed by atoms with E-state index in [1.165, 1.54) is 4.88 Å². The molecule has 1 spiro atoms. The van der Waals surface area contributed by atoms with Crippen molar-refractivity contribution >= 4 is 17.2 Å². The van der Waals surface area contributed by atoms with Gasteiger partial charge in [0.25, 0.3) is 0 Å². The molecule has 1 atom stereocenters. The SMILES string of the molecule is CN1CCN(Cc2cccs2)CC2(CCCC(=O)N2)C1. The fraction of sp³-hybridized carbons (Fsp3) is 0.667. The number of likely N-dealkylation sites (N-methyl/N-ethyl adjacent to an activating group) is 1. The van der Waals surface area contributed by atoms with E-state index in [9.17, 15) is 4.79 Å². The van der Waals surface area contributed by atoms with Crippen LogP contribution in [0.5, 0.6) is 0 Å². The van der Waals surface area contributed by atoms with Crippen molar-refractivity contribution in [3.05, 3.63) is 22.4 Å². The largest absolute Gasteiger partial charge is 0.348 e. The van der Waals surface area contributed by atoms with Crippen LogP contribution in [0.1, 0.15) is 24.1 Å². The van der Waals surface area contributed by atoms with Gasteiger partial charge in [0.15, 0.2) is 0 Å². The Morgan fingerprint density at radius 1 is 1.40 bits per heavy atom. The van der Waals surface area contributed by atoms with E-state index in [2.05, 4.69) is 39.7 Å². The Balaban J connectivity index is 1.74. The van der Waals surface area contributed by atoms with E-state index in [-0.39, 0.29) is 11.4 Å². The van der Waals surface area contributed by atoms with Gasteiger partial charge in [-0.05, 0) is 31.3 Å². The van der Waals surface area contributed by atoms with Crippen LogP contribution in [-0.4, -0.2) is 54.5 Å². The van der Waals surface area contributed by atoms with E-state index in [1.807, 2.05) is 11.3 Å². The molecule has 1 amide bonds. The molecule has 2 fully saturated rings. The molecule has 0 aliphatic carbocycles. The average Bonchev–Trinajstić information content (AvgIpc) is 2.83. The summed E-state index contributed by atoms with van der Waals surface area (Å²) < 4.78 is 0. The van der Waals surface area contributed by atoms with Crippen LogP contribution in [-0.2, 0) is 11.3 Å². The highest BCUT2D eigenvalue weighted by molar-refractivity contribution is 7.09. The summed E-state index contributed by atoms with van der Waals surface area (Å²) in [6.45, 7) is 5.10. The summed E-state index contributed by atoms with van der Waals surface area (Å²) in [5.41, 5.74) is -0.0438. The van der Waals surface area contributed by atoms with E-state index in [0.29, 0.717) is 6.42 Å². The van der Waals surface area contributed by atoms with Crippen LogP contribution in [0.3, 0.4) is 0 Å². The third-order valence-electron chi connectivity index (χ3n) is 4.32. The molecule has 4 nitrogen and oxygen atoms in total. The zero-order chi connectivity index (χ0) is 14.0. The Morgan fingerprint density at radius 3 is 3.05 bits per heavy atom. The van der Waals surface area contributed by atoms with Gasteiger partial charge in [0.2, 0.25) is 5.91 Å². The molecule has 0 bridgehead atoms. The second-order valence-corrected chi connectivity index (χ2v) is 7.24. The Bertz CT molecular complexity index is 462. The summed E-state index contributed by atoms with van der Waals surface area (Å²) in [5.74, 6) is 0.225. The van der Waals surface area contributed by atoms with Crippen LogP contribution in [0.4, 0.5) is 0 Å². The van der Waals surface area contributed by atoms with Crippen molar-refractivity contribution in [1.82, 2.24) is 15.1 Å². The standard InChI is InChI=1S/C15H23N3OS/c1-17-7-8-18(10-13-4-3-9-20-13)12-15(11-17)6-2-5-14(19)16-15/h3-4,9H,2,5-8,10-12H2,1H3,(H,16,19). The smallest absolute Gasteiger partial charge is 0.220 e. The molecule has 3 heterocycles. The molecule has 1 aromatic rings. The Hall–Kier alpha value is -0.910. The molecule has 110 valence electrons. The third kappa shape index (κ3) is 3.22. The monoisotopic (exact) mass is 293 g/mol. The minimum absolute atomic E-state index is 0.0438. The molecule has 1 N–H and O–H groups in total. The minimum atomic E-state index is -0.0438. The Labute approximate surface area is 124 Å². The lowest BCUT2D eigenvalue weighted by atomic mass is 9.87. The molecule has 5 heteroatoms. The van der Waals surface area contributed by atoms with Gasteiger partial charge in [0, 0.05) is 44.0 Å². The first-order chi connectivity index (χ1) is 9.65. The van der Waals surface area contributed by atoms with E-state index in [4.69, 9.17) is 0 Å². The fourth-order valence-electron chi connectivity index (χ4n) is 3.47. The van der Waals surface area contributed by atoms with Crippen molar-refractivity contribution in [2.24, 2.45) is 0 Å². The maximum atomic E-state index is 11.8. The predicted octanol–water partition coefficient (Wildman–Crippen LogP) is 1.53. The number of carbonyl (C=O) groups is 1. The van der Waals surface area contributed by atoms with Gasteiger partial charge in [-0.25, -0.2) is 0 Å². The molecular weight excluding hydrogens is 270 g/mol. The number of nitrogens with one attached hydrogen (secondary N) is 1. The predicted molar refractivity (Wildman–Crippen MR) is 81.8 cm³/mol. The van der Waals surface area contributed by atoms with E-state index >= 15 is 0 Å². The molecule has 0 radical (unpaired) electrons. The number of hydrogen-bond acceptors (Lipinski definition) is 4. The van der Waals surface area contributed by atoms with Gasteiger partial charge in [0.1, 0.15) is 0 Å². The Kier molecular flexibility index (Phi) is 4.10. The van der Waals surface area contributed by atoms with Gasteiger partial charge in [-0.2, -0.15) is 0 Å². The van der Waals surface area contributed by atoms with Crippen molar-refractivity contribution < 1.29 is 4.79 Å². The van der Waals surface area contributed by atoms with Crippen LogP contribution >= 0.6 is 11.3 Å². The van der Waals surface area contributed by atoms with Crippen molar-refractivity contribution in [2.75, 3.05) is 33.2 Å². The fourth-order valence-corrected chi connectivity index (χ4v) is 4.21. The normalized spacial score (nSPS) is 29.4. The van der Waals surface area contributed by atoms with Crippen molar-refractivity contribution in [1.29, 1.82) is 0 Å². The number of thiophene rings is 1. The second-order valence-electron chi connectivity index (χ2n) is 6.21. The molecule has 2 saturated heterocycles. The van der Waals surface area contributed by atoms with E-state index in [1.54, 1.807) is 0 Å². The molecule has 2 aliphatic heterocycles. The second kappa shape index (κ2) is 5.84. The summed E-state index contributed by atoms with van der Waals surface area (Å²) >= 11 is 1.82. The van der Waals surface area contributed by atoms with Gasteiger partial charge in [-0.3, -0.25) is 9.69 Å². The maximum Gasteiger partial charge on any atom is 0.220 e. The lowest BCUT2D eigenvalue weighted by Gasteiger charge is -2.40. The third-order valence-corrected chi connectivity index (χ3v) is 5.18. The maximum absolute atomic E-state index is 11.8. The molecule has 0 saturated carbocycles. The zero-order valence-electron chi connectivity index (χ0n) is 12.1. The number of amides is 1. The number of hydrogen-bond donors (Lipinski definition) is 1. The number of carbonyl (C=O) groups excluding carboxylic acids is 1. The summed E-state index contributed by atoms with van der Waals surface area (Å²) in [6.07, 6.45) is 2.81. The summed E-state index contributed by atoms with van der Waals surface area (Å²) in [7, 11) is 2.16. The van der Waals surface area contributed by atoms with Crippen LogP contribution in [0.2, 0.25) is 0 Å². The first kappa shape index (κ1) is 14.0. The van der Waals surface area contributed by atoms with Crippen molar-refractivity contribution in [3.8, 4) is 0 Å². The molecule has 1 aromatic heterocycles. The first-order valence-corrected chi connectivity index (χ1v) is 8.28.